The van der Waals surface area contributed by atoms with Crippen molar-refractivity contribution in [2.45, 2.75) is 6.67 Å². The molecule has 1 aromatic rings. The molecule has 0 amide bonds. The van der Waals surface area contributed by atoms with Crippen LogP contribution in [0.25, 0.3) is 0 Å². The number of anilines is 1. The molecule has 0 saturated heterocycles. The predicted molar refractivity (Wildman–Crippen MR) is 45.5 cm³/mol. The van der Waals surface area contributed by atoms with Gasteiger partial charge in [-0.05, 0) is 23.2 Å². The maximum atomic E-state index is 12.2. The van der Waals surface area contributed by atoms with Gasteiger partial charge in [0.25, 0.3) is 0 Å². The highest BCUT2D eigenvalue weighted by molar-refractivity contribution is 6.59. The van der Waals surface area contributed by atoms with Crippen LogP contribution in [0, 0.1) is 0 Å². The molecule has 0 atom stereocenters. The summed E-state index contributed by atoms with van der Waals surface area (Å²) < 4.78 is 12.2. The number of benzene rings is 1. The van der Waals surface area contributed by atoms with Crippen LogP contribution in [-0.4, -0.2) is 17.2 Å². The third-order valence-corrected chi connectivity index (χ3v) is 1.59. The van der Waals surface area contributed by atoms with E-state index in [0.717, 1.165) is 0 Å². The summed E-state index contributed by atoms with van der Waals surface area (Å²) in [5.74, 6) is 0. The Balaban J connectivity index is 3.12. The molecule has 0 unspecified atom stereocenters. The van der Waals surface area contributed by atoms with Crippen molar-refractivity contribution in [3.05, 3.63) is 23.8 Å². The Morgan fingerprint density at radius 2 is 2.08 bits per heavy atom. The van der Waals surface area contributed by atoms with Crippen LogP contribution in [0.3, 0.4) is 0 Å². The minimum atomic E-state index is -1.67. The lowest BCUT2D eigenvalue weighted by Gasteiger charge is -2.05. The van der Waals surface area contributed by atoms with E-state index in [9.17, 15) is 4.39 Å². The van der Waals surface area contributed by atoms with Gasteiger partial charge in [-0.1, -0.05) is 6.07 Å². The van der Waals surface area contributed by atoms with Gasteiger partial charge >= 0.3 is 7.12 Å². The molecule has 4 N–H and O–H groups in total. The third kappa shape index (κ3) is 1.75. The summed E-state index contributed by atoms with van der Waals surface area (Å²) in [6.45, 7) is -0.729. The quantitative estimate of drug-likeness (QED) is 0.409. The van der Waals surface area contributed by atoms with Crippen LogP contribution in [-0.2, 0) is 6.67 Å². The summed E-state index contributed by atoms with van der Waals surface area (Å²) >= 11 is 0. The van der Waals surface area contributed by atoms with E-state index in [0.29, 0.717) is 5.69 Å². The highest BCUT2D eigenvalue weighted by Gasteiger charge is 2.15. The van der Waals surface area contributed by atoms with Gasteiger partial charge in [-0.3, -0.25) is 0 Å². The van der Waals surface area contributed by atoms with Crippen LogP contribution in [0.2, 0.25) is 0 Å². The second kappa shape index (κ2) is 3.56. The Bertz CT molecular complexity index is 280. The van der Waals surface area contributed by atoms with Crippen LogP contribution in [0.15, 0.2) is 18.2 Å². The standard InChI is InChI=1S/C7H9BFNO2/c9-4-5-1-2-6(10)3-7(5)8(11)12/h1-3,11-12H,4,10H2. The smallest absolute Gasteiger partial charge is 0.423 e. The highest BCUT2D eigenvalue weighted by Crippen LogP contribution is 2.05. The summed E-state index contributed by atoms with van der Waals surface area (Å²) in [4.78, 5) is 0. The lowest BCUT2D eigenvalue weighted by molar-refractivity contribution is 0.423. The number of hydrogen-bond donors (Lipinski definition) is 3. The summed E-state index contributed by atoms with van der Waals surface area (Å²) in [7, 11) is -1.67. The van der Waals surface area contributed by atoms with Gasteiger partial charge in [-0.2, -0.15) is 0 Å². The van der Waals surface area contributed by atoms with Crippen LogP contribution >= 0.6 is 0 Å². The monoisotopic (exact) mass is 169 g/mol. The third-order valence-electron chi connectivity index (χ3n) is 1.59. The fraction of sp³-hybridized carbons (Fsp3) is 0.143. The minimum Gasteiger partial charge on any atom is -0.423 e. The summed E-state index contributed by atoms with van der Waals surface area (Å²) in [5, 5.41) is 17.6. The molecule has 0 aliphatic rings. The van der Waals surface area contributed by atoms with E-state index < -0.39 is 13.8 Å². The molecule has 5 heteroatoms. The Morgan fingerprint density at radius 1 is 1.42 bits per heavy atom. The largest absolute Gasteiger partial charge is 0.488 e. The Labute approximate surface area is 69.8 Å². The van der Waals surface area contributed by atoms with Crippen molar-refractivity contribution in [3.63, 3.8) is 0 Å². The summed E-state index contributed by atoms with van der Waals surface area (Å²) in [5.41, 5.74) is 6.13. The first kappa shape index (κ1) is 9.03. The molecule has 0 aromatic heterocycles. The van der Waals surface area contributed by atoms with E-state index in [1.807, 2.05) is 0 Å². The molecule has 0 spiro atoms. The van der Waals surface area contributed by atoms with Crippen molar-refractivity contribution in [2.75, 3.05) is 5.73 Å². The van der Waals surface area contributed by atoms with Gasteiger partial charge in [0.15, 0.2) is 0 Å². The van der Waals surface area contributed by atoms with Crippen LogP contribution in [0.1, 0.15) is 5.56 Å². The van der Waals surface area contributed by atoms with E-state index in [1.54, 1.807) is 0 Å². The van der Waals surface area contributed by atoms with Gasteiger partial charge in [0.1, 0.15) is 6.67 Å². The van der Waals surface area contributed by atoms with E-state index >= 15 is 0 Å². The molecule has 0 bridgehead atoms. The SMILES string of the molecule is Nc1ccc(CF)c(B(O)O)c1. The average molecular weight is 169 g/mol. The topological polar surface area (TPSA) is 66.5 Å². The Kier molecular flexibility index (Phi) is 2.67. The second-order valence-corrected chi connectivity index (χ2v) is 2.47. The molecule has 1 aromatic carbocycles. The van der Waals surface area contributed by atoms with Crippen molar-refractivity contribution >= 4 is 18.3 Å². The lowest BCUT2D eigenvalue weighted by atomic mass is 9.77. The maximum absolute atomic E-state index is 12.2. The normalized spacial score (nSPS) is 9.92. The Morgan fingerprint density at radius 3 is 2.58 bits per heavy atom. The van der Waals surface area contributed by atoms with Gasteiger partial charge in [0, 0.05) is 5.69 Å². The number of alkyl halides is 1. The number of nitrogen functional groups attached to an aromatic ring is 1. The van der Waals surface area contributed by atoms with Gasteiger partial charge in [-0.15, -0.1) is 0 Å². The fourth-order valence-electron chi connectivity index (χ4n) is 0.975. The highest BCUT2D eigenvalue weighted by atomic mass is 19.1. The van der Waals surface area contributed by atoms with E-state index in [-0.39, 0.29) is 11.0 Å². The van der Waals surface area contributed by atoms with Crippen LogP contribution in [0.5, 0.6) is 0 Å². The molecule has 3 nitrogen and oxygen atoms in total. The molecule has 0 aliphatic carbocycles. The molecule has 12 heavy (non-hydrogen) atoms. The van der Waals surface area contributed by atoms with E-state index in [1.165, 1.54) is 18.2 Å². The zero-order valence-electron chi connectivity index (χ0n) is 6.37. The van der Waals surface area contributed by atoms with Crippen molar-refractivity contribution in [1.29, 1.82) is 0 Å². The van der Waals surface area contributed by atoms with Crippen LogP contribution in [0.4, 0.5) is 10.1 Å². The average Bonchev–Trinajstić information content (AvgIpc) is 2.04. The second-order valence-electron chi connectivity index (χ2n) is 2.47. The zero-order chi connectivity index (χ0) is 9.14. The first-order valence-corrected chi connectivity index (χ1v) is 3.45. The first-order valence-electron chi connectivity index (χ1n) is 3.45. The molecule has 0 fully saturated rings. The predicted octanol–water partition coefficient (Wildman–Crippen LogP) is -0.582. The van der Waals surface area contributed by atoms with Gasteiger partial charge in [0.2, 0.25) is 0 Å². The summed E-state index contributed by atoms with van der Waals surface area (Å²) in [6, 6.07) is 4.30. The zero-order valence-corrected chi connectivity index (χ0v) is 6.37. The number of rotatable bonds is 2. The molecule has 1 rings (SSSR count). The lowest BCUT2D eigenvalue weighted by Crippen LogP contribution is -2.33. The van der Waals surface area contributed by atoms with Crippen molar-refractivity contribution in [3.8, 4) is 0 Å². The van der Waals surface area contributed by atoms with Crippen molar-refractivity contribution in [2.24, 2.45) is 0 Å². The first-order chi connectivity index (χ1) is 5.65. The van der Waals surface area contributed by atoms with Gasteiger partial charge < -0.3 is 15.8 Å². The minimum absolute atomic E-state index is 0.123. The molecule has 64 valence electrons. The molecular weight excluding hydrogens is 160 g/mol. The van der Waals surface area contributed by atoms with Crippen LogP contribution < -0.4 is 11.2 Å². The molecule has 0 saturated carbocycles. The molecular formula is C7H9BFNO2. The summed E-state index contributed by atoms with van der Waals surface area (Å²) in [6.07, 6.45) is 0. The van der Waals surface area contributed by atoms with E-state index in [2.05, 4.69) is 0 Å². The van der Waals surface area contributed by atoms with Crippen molar-refractivity contribution < 1.29 is 14.4 Å². The van der Waals surface area contributed by atoms with E-state index in [4.69, 9.17) is 15.8 Å². The van der Waals surface area contributed by atoms with Gasteiger partial charge in [-0.25, -0.2) is 4.39 Å². The molecule has 0 aliphatic heterocycles. The maximum Gasteiger partial charge on any atom is 0.488 e. The number of nitrogens with two attached hydrogens (primary N) is 1. The fourth-order valence-corrected chi connectivity index (χ4v) is 0.975. The molecule has 0 radical (unpaired) electrons. The van der Waals surface area contributed by atoms with Crippen molar-refractivity contribution in [1.82, 2.24) is 0 Å². The number of halogens is 1. The molecule has 0 heterocycles. The van der Waals surface area contributed by atoms with Gasteiger partial charge in [0.05, 0.1) is 0 Å². The number of hydrogen-bond acceptors (Lipinski definition) is 3. The Hall–Kier alpha value is -1.07.